The highest BCUT2D eigenvalue weighted by Crippen LogP contribution is 2.30. The van der Waals surface area contributed by atoms with Gasteiger partial charge in [-0.25, -0.2) is 4.98 Å². The zero-order valence-electron chi connectivity index (χ0n) is 16.0. The molecule has 4 heterocycles. The number of hydrogen-bond acceptors (Lipinski definition) is 5. The second kappa shape index (κ2) is 6.56. The fourth-order valence-electron chi connectivity index (χ4n) is 4.11. The monoisotopic (exact) mass is 378 g/mol. The van der Waals surface area contributed by atoms with Gasteiger partial charge >= 0.3 is 0 Å². The minimum Gasteiger partial charge on any atom is -0.373 e. The third-order valence-electron chi connectivity index (χ3n) is 5.64. The maximum Gasteiger partial charge on any atom is 0.275 e. The summed E-state index contributed by atoms with van der Waals surface area (Å²) in [5, 5.41) is 8.44. The number of carbonyl (C=O) groups excluding carboxylic acids is 1. The standard InChI is InChI=1S/C20H22N6O2/c1-13-18-23-22-14(2)25(18)9-8-24(13)20(27)17-16-12-28-11-10-26(16)19(21-17)15-6-4-3-5-7-15/h3-7,13H,8-12H2,1-2H3. The van der Waals surface area contributed by atoms with Gasteiger partial charge in [-0.1, -0.05) is 30.3 Å². The molecular weight excluding hydrogens is 356 g/mol. The number of carbonyl (C=O) groups is 1. The van der Waals surface area contributed by atoms with Crippen molar-refractivity contribution in [3.8, 4) is 11.4 Å². The van der Waals surface area contributed by atoms with Gasteiger partial charge in [0.05, 0.1) is 24.9 Å². The van der Waals surface area contributed by atoms with Crippen molar-refractivity contribution in [2.24, 2.45) is 0 Å². The van der Waals surface area contributed by atoms with Crippen LogP contribution in [0.2, 0.25) is 0 Å². The maximum atomic E-state index is 13.5. The van der Waals surface area contributed by atoms with Gasteiger partial charge in [-0.3, -0.25) is 4.79 Å². The van der Waals surface area contributed by atoms with E-state index in [0.29, 0.717) is 38.5 Å². The number of benzene rings is 1. The van der Waals surface area contributed by atoms with Crippen molar-refractivity contribution in [2.45, 2.75) is 39.6 Å². The molecule has 2 aliphatic rings. The van der Waals surface area contributed by atoms with Crippen LogP contribution in [0.4, 0.5) is 0 Å². The van der Waals surface area contributed by atoms with Crippen molar-refractivity contribution in [3.63, 3.8) is 0 Å². The molecule has 8 nitrogen and oxygen atoms in total. The number of imidazole rings is 1. The van der Waals surface area contributed by atoms with Crippen LogP contribution >= 0.6 is 0 Å². The zero-order valence-corrected chi connectivity index (χ0v) is 16.0. The molecular formula is C20H22N6O2. The molecule has 5 rings (SSSR count). The molecule has 0 saturated carbocycles. The minimum atomic E-state index is -0.149. The Labute approximate surface area is 162 Å². The highest BCUT2D eigenvalue weighted by atomic mass is 16.5. The quantitative estimate of drug-likeness (QED) is 0.683. The minimum absolute atomic E-state index is 0.0733. The van der Waals surface area contributed by atoms with Gasteiger partial charge in [0.1, 0.15) is 11.6 Å². The first-order valence-electron chi connectivity index (χ1n) is 9.58. The molecule has 0 spiro atoms. The van der Waals surface area contributed by atoms with Crippen LogP contribution in [0.25, 0.3) is 11.4 Å². The SMILES string of the molecule is Cc1nnc2n1CCN(C(=O)c1nc(-c3ccccc3)n3c1COCC3)C2C. The van der Waals surface area contributed by atoms with E-state index in [0.717, 1.165) is 28.7 Å². The lowest BCUT2D eigenvalue weighted by Gasteiger charge is -2.33. The van der Waals surface area contributed by atoms with Gasteiger partial charge in [0.2, 0.25) is 0 Å². The maximum absolute atomic E-state index is 13.5. The van der Waals surface area contributed by atoms with Crippen molar-refractivity contribution < 1.29 is 9.53 Å². The Morgan fingerprint density at radius 2 is 1.93 bits per heavy atom. The normalized spacial score (nSPS) is 18.6. The van der Waals surface area contributed by atoms with Crippen molar-refractivity contribution >= 4 is 5.91 Å². The van der Waals surface area contributed by atoms with E-state index in [9.17, 15) is 4.79 Å². The average Bonchev–Trinajstić information content (AvgIpc) is 3.30. The van der Waals surface area contributed by atoms with Crippen LogP contribution in [0.3, 0.4) is 0 Å². The first kappa shape index (κ1) is 17.1. The third kappa shape index (κ3) is 2.56. The molecule has 1 amide bonds. The number of nitrogens with zero attached hydrogens (tertiary/aromatic N) is 6. The Bertz CT molecular complexity index is 1040. The molecule has 28 heavy (non-hydrogen) atoms. The lowest BCUT2D eigenvalue weighted by molar-refractivity contribution is 0.0605. The van der Waals surface area contributed by atoms with Crippen LogP contribution in [0, 0.1) is 6.92 Å². The van der Waals surface area contributed by atoms with Crippen molar-refractivity contribution in [1.82, 2.24) is 29.2 Å². The van der Waals surface area contributed by atoms with Gasteiger partial charge in [0.15, 0.2) is 11.5 Å². The Hall–Kier alpha value is -3.00. The van der Waals surface area contributed by atoms with Crippen LogP contribution in [0.5, 0.6) is 0 Å². The van der Waals surface area contributed by atoms with Crippen molar-refractivity contribution in [2.75, 3.05) is 13.2 Å². The highest BCUT2D eigenvalue weighted by molar-refractivity contribution is 5.94. The molecule has 0 fully saturated rings. The molecule has 2 aromatic heterocycles. The molecule has 0 saturated heterocycles. The van der Waals surface area contributed by atoms with E-state index < -0.39 is 0 Å². The Kier molecular flexibility index (Phi) is 4.01. The molecule has 1 atom stereocenters. The Balaban J connectivity index is 1.55. The van der Waals surface area contributed by atoms with Crippen LogP contribution in [-0.2, 0) is 24.4 Å². The molecule has 3 aromatic rings. The summed E-state index contributed by atoms with van der Waals surface area (Å²) in [5.41, 5.74) is 2.34. The van der Waals surface area contributed by atoms with E-state index in [-0.39, 0.29) is 11.9 Å². The summed E-state index contributed by atoms with van der Waals surface area (Å²) in [5.74, 6) is 2.46. The van der Waals surface area contributed by atoms with E-state index in [1.54, 1.807) is 0 Å². The first-order valence-corrected chi connectivity index (χ1v) is 9.58. The average molecular weight is 378 g/mol. The number of ether oxygens (including phenoxy) is 1. The van der Waals surface area contributed by atoms with Gasteiger partial charge in [-0.15, -0.1) is 10.2 Å². The van der Waals surface area contributed by atoms with Crippen LogP contribution in [0.15, 0.2) is 30.3 Å². The molecule has 0 aliphatic carbocycles. The van der Waals surface area contributed by atoms with Gasteiger partial charge in [-0.2, -0.15) is 0 Å². The molecule has 8 heteroatoms. The number of aromatic nitrogens is 5. The summed E-state index contributed by atoms with van der Waals surface area (Å²) in [6, 6.07) is 9.85. The molecule has 0 radical (unpaired) electrons. The van der Waals surface area contributed by atoms with E-state index in [2.05, 4.69) is 19.3 Å². The second-order valence-electron chi connectivity index (χ2n) is 7.23. The third-order valence-corrected chi connectivity index (χ3v) is 5.64. The summed E-state index contributed by atoms with van der Waals surface area (Å²) < 4.78 is 9.85. The zero-order chi connectivity index (χ0) is 19.3. The van der Waals surface area contributed by atoms with Crippen LogP contribution in [0.1, 0.15) is 40.8 Å². The van der Waals surface area contributed by atoms with Crippen LogP contribution < -0.4 is 0 Å². The van der Waals surface area contributed by atoms with E-state index in [1.807, 2.05) is 49.1 Å². The number of rotatable bonds is 2. The molecule has 2 aliphatic heterocycles. The Morgan fingerprint density at radius 1 is 1.11 bits per heavy atom. The predicted molar refractivity (Wildman–Crippen MR) is 102 cm³/mol. The topological polar surface area (TPSA) is 78.1 Å². The lowest BCUT2D eigenvalue weighted by atomic mass is 10.1. The van der Waals surface area contributed by atoms with Gasteiger partial charge in [-0.05, 0) is 13.8 Å². The molecule has 1 unspecified atom stereocenters. The smallest absolute Gasteiger partial charge is 0.275 e. The van der Waals surface area contributed by atoms with Crippen LogP contribution in [-0.4, -0.2) is 48.3 Å². The van der Waals surface area contributed by atoms with E-state index >= 15 is 0 Å². The molecule has 0 N–H and O–H groups in total. The van der Waals surface area contributed by atoms with Gasteiger partial charge < -0.3 is 18.8 Å². The first-order chi connectivity index (χ1) is 13.6. The molecule has 1 aromatic carbocycles. The lowest BCUT2D eigenvalue weighted by Crippen LogP contribution is -2.42. The largest absolute Gasteiger partial charge is 0.373 e. The van der Waals surface area contributed by atoms with Gasteiger partial charge in [0, 0.05) is 25.2 Å². The second-order valence-corrected chi connectivity index (χ2v) is 7.23. The number of fused-ring (bicyclic) bond motifs is 2. The van der Waals surface area contributed by atoms with Crippen molar-refractivity contribution in [3.05, 3.63) is 53.4 Å². The van der Waals surface area contributed by atoms with Crippen molar-refractivity contribution in [1.29, 1.82) is 0 Å². The Morgan fingerprint density at radius 3 is 2.75 bits per heavy atom. The predicted octanol–water partition coefficient (Wildman–Crippen LogP) is 2.20. The van der Waals surface area contributed by atoms with E-state index in [4.69, 9.17) is 9.72 Å². The van der Waals surface area contributed by atoms with E-state index in [1.165, 1.54) is 0 Å². The number of hydrogen-bond donors (Lipinski definition) is 0. The summed E-state index contributed by atoms with van der Waals surface area (Å²) in [4.78, 5) is 20.1. The fourth-order valence-corrected chi connectivity index (χ4v) is 4.11. The molecule has 144 valence electrons. The fraction of sp³-hybridized carbons (Fsp3) is 0.400. The summed E-state index contributed by atoms with van der Waals surface area (Å²) in [7, 11) is 0. The summed E-state index contributed by atoms with van der Waals surface area (Å²) in [6.45, 7) is 6.97. The highest BCUT2D eigenvalue weighted by Gasteiger charge is 2.35. The van der Waals surface area contributed by atoms with Gasteiger partial charge in [0.25, 0.3) is 5.91 Å². The number of amides is 1. The molecule has 0 bridgehead atoms. The summed E-state index contributed by atoms with van der Waals surface area (Å²) in [6.07, 6.45) is 0. The summed E-state index contributed by atoms with van der Waals surface area (Å²) >= 11 is 0. The number of aryl methyl sites for hydroxylation is 1.